The van der Waals surface area contributed by atoms with Gasteiger partial charge in [0.1, 0.15) is 0 Å². The summed E-state index contributed by atoms with van der Waals surface area (Å²) >= 11 is -1.35. The van der Waals surface area contributed by atoms with Crippen molar-refractivity contribution in [2.75, 3.05) is 5.32 Å². The van der Waals surface area contributed by atoms with Crippen LogP contribution in [0.25, 0.3) is 10.8 Å². The highest BCUT2D eigenvalue weighted by molar-refractivity contribution is 7.91. The van der Waals surface area contributed by atoms with Gasteiger partial charge in [-0.3, -0.25) is 10.1 Å². The number of anilines is 1. The number of hydrogen-bond donors (Lipinski definition) is 2. The maximum Gasteiger partial charge on any atom is 0.409 e. The van der Waals surface area contributed by atoms with Crippen molar-refractivity contribution < 1.29 is 14.5 Å². The maximum absolute atomic E-state index is 12.9. The van der Waals surface area contributed by atoms with Crippen LogP contribution in [0.1, 0.15) is 5.56 Å². The summed E-state index contributed by atoms with van der Waals surface area (Å²) in [5, 5.41) is 16.4. The van der Waals surface area contributed by atoms with E-state index >= 15 is 0 Å². The highest BCUT2D eigenvalue weighted by Crippen LogP contribution is 2.23. The molecule has 0 aliphatic rings. The molecule has 4 aromatic rings. The Hall–Kier alpha value is -3.62. The van der Waals surface area contributed by atoms with Crippen LogP contribution in [0.15, 0.2) is 93.6 Å². The first-order valence-corrected chi connectivity index (χ1v) is 10.2. The summed E-state index contributed by atoms with van der Waals surface area (Å²) in [5.41, 5.74) is 0.875. The van der Waals surface area contributed by atoms with Gasteiger partial charge in [0.15, 0.2) is 9.79 Å². The van der Waals surface area contributed by atoms with Gasteiger partial charge in [-0.05, 0) is 42.0 Å². The summed E-state index contributed by atoms with van der Waals surface area (Å²) < 4.78 is 14.1. The van der Waals surface area contributed by atoms with E-state index in [-0.39, 0.29) is 12.1 Å². The number of carbonyl (C=O) groups is 1. The van der Waals surface area contributed by atoms with E-state index in [2.05, 4.69) is 10.4 Å². The summed E-state index contributed by atoms with van der Waals surface area (Å²) in [4.78, 5) is 25.0. The van der Waals surface area contributed by atoms with Crippen LogP contribution in [0.3, 0.4) is 0 Å². The fourth-order valence-corrected chi connectivity index (χ4v) is 4.22. The number of amides is 1. The molecular weight excluding hydrogens is 402 g/mol. The summed E-state index contributed by atoms with van der Waals surface area (Å²) in [7, 11) is 0. The van der Waals surface area contributed by atoms with Crippen molar-refractivity contribution in [2.45, 2.75) is 16.3 Å². The van der Waals surface area contributed by atoms with Crippen LogP contribution in [-0.4, -0.2) is 25.5 Å². The second-order valence-electron chi connectivity index (χ2n) is 6.57. The van der Waals surface area contributed by atoms with Crippen molar-refractivity contribution in [3.8, 4) is 0 Å². The van der Waals surface area contributed by atoms with Gasteiger partial charge in [0, 0.05) is 28.3 Å². The van der Waals surface area contributed by atoms with Crippen molar-refractivity contribution >= 4 is 33.7 Å². The van der Waals surface area contributed by atoms with Crippen LogP contribution < -0.4 is 10.9 Å². The molecule has 0 aliphatic heterocycles. The van der Waals surface area contributed by atoms with Gasteiger partial charge in [-0.2, -0.15) is 5.10 Å². The first-order valence-electron chi connectivity index (χ1n) is 9.07. The lowest BCUT2D eigenvalue weighted by atomic mass is 10.2. The fraction of sp³-hybridized carbons (Fsp3) is 0.0455. The van der Waals surface area contributed by atoms with Crippen molar-refractivity contribution in [1.82, 2.24) is 9.78 Å². The Kier molecular flexibility index (Phi) is 5.51. The third-order valence-electron chi connectivity index (χ3n) is 4.51. The predicted octanol–water partition coefficient (Wildman–Crippen LogP) is 3.70. The van der Waals surface area contributed by atoms with E-state index in [9.17, 15) is 14.1 Å². The lowest BCUT2D eigenvalue weighted by molar-refractivity contribution is 0.209. The Morgan fingerprint density at radius 1 is 1.03 bits per heavy atom. The molecule has 1 heterocycles. The van der Waals surface area contributed by atoms with E-state index in [1.165, 1.54) is 4.68 Å². The molecule has 30 heavy (non-hydrogen) atoms. The minimum atomic E-state index is -1.35. The molecule has 0 fully saturated rings. The Bertz CT molecular complexity index is 1270. The molecule has 0 saturated heterocycles. The zero-order valence-electron chi connectivity index (χ0n) is 15.7. The highest BCUT2D eigenvalue weighted by atomic mass is 32.2. The molecule has 150 valence electrons. The molecule has 1 amide bonds. The monoisotopic (exact) mass is 419 g/mol. The lowest BCUT2D eigenvalue weighted by Crippen LogP contribution is -2.23. The normalized spacial score (nSPS) is 11.9. The zero-order valence-corrected chi connectivity index (χ0v) is 16.5. The Morgan fingerprint density at radius 3 is 2.60 bits per heavy atom. The van der Waals surface area contributed by atoms with E-state index in [1.54, 1.807) is 60.8 Å². The Balaban J connectivity index is 1.63. The second-order valence-corrected chi connectivity index (χ2v) is 8.05. The minimum absolute atomic E-state index is 0.196. The van der Waals surface area contributed by atoms with E-state index in [1.807, 2.05) is 18.2 Å². The van der Waals surface area contributed by atoms with Crippen molar-refractivity contribution in [2.24, 2.45) is 0 Å². The number of hydrogen-bond acceptors (Lipinski definition) is 4. The molecule has 1 atom stereocenters. The van der Waals surface area contributed by atoms with E-state index in [0.717, 1.165) is 5.56 Å². The molecule has 8 heteroatoms. The molecule has 1 aromatic heterocycles. The Morgan fingerprint density at radius 2 is 1.83 bits per heavy atom. The van der Waals surface area contributed by atoms with Gasteiger partial charge in [-0.25, -0.2) is 9.48 Å². The smallest absolute Gasteiger partial charge is 0.409 e. The summed E-state index contributed by atoms with van der Waals surface area (Å²) in [6.45, 7) is 0.196. The standard InChI is InChI=1S/C22H17N3O4S/c26-21-20-10-9-19(30(29)18-7-2-1-3-8-18)12-16(20)13-23-25(21)14-15-5-4-6-17(11-15)24-22(27)28/h1-13,24H,14H2,(H,27,28). The predicted molar refractivity (Wildman–Crippen MR) is 114 cm³/mol. The summed E-state index contributed by atoms with van der Waals surface area (Å²) in [5.74, 6) is 0. The molecule has 0 radical (unpaired) electrons. The lowest BCUT2D eigenvalue weighted by Gasteiger charge is -2.11. The average Bonchev–Trinajstić information content (AvgIpc) is 2.75. The van der Waals surface area contributed by atoms with Crippen LogP contribution >= 0.6 is 0 Å². The SMILES string of the molecule is O=C(O)Nc1cccc(Cn2ncc3cc([S+]([O-])c4ccccc4)ccc3c2=O)c1. The zero-order chi connectivity index (χ0) is 21.1. The first-order chi connectivity index (χ1) is 14.5. The fourth-order valence-electron chi connectivity index (χ4n) is 3.12. The number of carboxylic acid groups (broad SMARTS) is 1. The van der Waals surface area contributed by atoms with Gasteiger partial charge in [-0.1, -0.05) is 30.3 Å². The molecule has 2 N–H and O–H groups in total. The van der Waals surface area contributed by atoms with E-state index in [0.29, 0.717) is 26.3 Å². The van der Waals surface area contributed by atoms with Crippen LogP contribution in [0.4, 0.5) is 10.5 Å². The van der Waals surface area contributed by atoms with Crippen molar-refractivity contribution in [1.29, 1.82) is 0 Å². The second kappa shape index (κ2) is 8.40. The molecule has 3 aromatic carbocycles. The van der Waals surface area contributed by atoms with Gasteiger partial charge in [0.25, 0.3) is 5.56 Å². The molecule has 4 rings (SSSR count). The number of nitrogens with zero attached hydrogens (tertiary/aromatic N) is 2. The molecule has 0 aliphatic carbocycles. The highest BCUT2D eigenvalue weighted by Gasteiger charge is 2.16. The van der Waals surface area contributed by atoms with E-state index < -0.39 is 17.3 Å². The molecule has 0 spiro atoms. The third kappa shape index (κ3) is 4.19. The average molecular weight is 419 g/mol. The summed E-state index contributed by atoms with van der Waals surface area (Å²) in [6, 6.07) is 21.0. The minimum Gasteiger partial charge on any atom is -0.606 e. The maximum atomic E-state index is 12.9. The molecule has 0 saturated carbocycles. The van der Waals surface area contributed by atoms with Crippen LogP contribution in [0, 0.1) is 0 Å². The molecule has 0 bridgehead atoms. The first kappa shape index (κ1) is 19.7. The quantitative estimate of drug-likeness (QED) is 0.480. The number of benzene rings is 3. The van der Waals surface area contributed by atoms with Crippen LogP contribution in [0.5, 0.6) is 0 Å². The molecule has 7 nitrogen and oxygen atoms in total. The summed E-state index contributed by atoms with van der Waals surface area (Å²) in [6.07, 6.45) is 0.416. The van der Waals surface area contributed by atoms with E-state index in [4.69, 9.17) is 5.11 Å². The molecule has 1 unspecified atom stereocenters. The van der Waals surface area contributed by atoms with Gasteiger partial charge >= 0.3 is 6.09 Å². The number of nitrogens with one attached hydrogen (secondary N) is 1. The topological polar surface area (TPSA) is 107 Å². The number of aromatic nitrogens is 2. The number of fused-ring (bicyclic) bond motifs is 1. The Labute approximate surface area is 174 Å². The van der Waals surface area contributed by atoms with Crippen LogP contribution in [0.2, 0.25) is 0 Å². The van der Waals surface area contributed by atoms with Gasteiger partial charge < -0.3 is 9.66 Å². The number of rotatable bonds is 5. The van der Waals surface area contributed by atoms with Gasteiger partial charge in [0.2, 0.25) is 0 Å². The van der Waals surface area contributed by atoms with Gasteiger partial charge in [-0.15, -0.1) is 0 Å². The molecular formula is C22H17N3O4S. The largest absolute Gasteiger partial charge is 0.606 e. The third-order valence-corrected chi connectivity index (χ3v) is 5.89. The van der Waals surface area contributed by atoms with Crippen LogP contribution in [-0.2, 0) is 17.7 Å². The van der Waals surface area contributed by atoms with Crippen molar-refractivity contribution in [3.05, 3.63) is 94.9 Å². The van der Waals surface area contributed by atoms with Gasteiger partial charge in [0.05, 0.1) is 18.1 Å². The van der Waals surface area contributed by atoms with Crippen molar-refractivity contribution in [3.63, 3.8) is 0 Å².